The number of benzene rings is 1. The standard InChI is InChI=1S/C18H25NO5/c1-5-24-18(21)9-8-14(11-17(18)23-4)19(2)12-13-6-7-15(20)16(10-13)22-3/h6-11,17,20-21H,5,12H2,1-4H3. The minimum Gasteiger partial charge on any atom is -0.504 e. The van der Waals surface area contributed by atoms with Crippen LogP contribution in [0.2, 0.25) is 0 Å². The lowest BCUT2D eigenvalue weighted by molar-refractivity contribution is -0.216. The van der Waals surface area contributed by atoms with Gasteiger partial charge in [0.2, 0.25) is 5.79 Å². The van der Waals surface area contributed by atoms with E-state index in [1.807, 2.05) is 37.1 Å². The second kappa shape index (κ2) is 7.70. The van der Waals surface area contributed by atoms with E-state index in [9.17, 15) is 10.2 Å². The number of phenolic OH excluding ortho intramolecular Hbond substituents is 1. The monoisotopic (exact) mass is 335 g/mol. The van der Waals surface area contributed by atoms with Crippen LogP contribution >= 0.6 is 0 Å². The van der Waals surface area contributed by atoms with Crippen molar-refractivity contribution in [3.8, 4) is 11.5 Å². The van der Waals surface area contributed by atoms with Crippen molar-refractivity contribution < 1.29 is 24.4 Å². The Bertz CT molecular complexity index is 628. The van der Waals surface area contributed by atoms with E-state index in [4.69, 9.17) is 14.2 Å². The van der Waals surface area contributed by atoms with Gasteiger partial charge < -0.3 is 29.3 Å². The second-order valence-corrected chi connectivity index (χ2v) is 5.63. The number of aliphatic hydroxyl groups is 1. The number of rotatable bonds is 7. The van der Waals surface area contributed by atoms with Crippen molar-refractivity contribution in [3.63, 3.8) is 0 Å². The molecule has 0 amide bonds. The summed E-state index contributed by atoms with van der Waals surface area (Å²) in [5, 5.41) is 20.2. The van der Waals surface area contributed by atoms with Gasteiger partial charge in [0.25, 0.3) is 0 Å². The van der Waals surface area contributed by atoms with E-state index in [1.54, 1.807) is 18.2 Å². The summed E-state index contributed by atoms with van der Waals surface area (Å²) >= 11 is 0. The predicted octanol–water partition coefficient (Wildman–Crippen LogP) is 2.03. The molecule has 1 aromatic rings. The summed E-state index contributed by atoms with van der Waals surface area (Å²) in [5.41, 5.74) is 1.89. The summed E-state index contributed by atoms with van der Waals surface area (Å²) in [4.78, 5) is 2.01. The number of phenols is 1. The minimum atomic E-state index is -1.45. The average Bonchev–Trinajstić information content (AvgIpc) is 2.57. The summed E-state index contributed by atoms with van der Waals surface area (Å²) in [5.74, 6) is -0.897. The number of hydrogen-bond donors (Lipinski definition) is 2. The van der Waals surface area contributed by atoms with Crippen LogP contribution in [-0.4, -0.2) is 54.9 Å². The Morgan fingerprint density at radius 2 is 2.04 bits per heavy atom. The molecule has 1 aliphatic carbocycles. The normalized spacial score (nSPS) is 23.0. The van der Waals surface area contributed by atoms with Crippen molar-refractivity contribution in [3.05, 3.63) is 47.7 Å². The molecular weight excluding hydrogens is 310 g/mol. The van der Waals surface area contributed by atoms with E-state index >= 15 is 0 Å². The molecule has 2 rings (SSSR count). The molecule has 0 aromatic heterocycles. The molecule has 0 radical (unpaired) electrons. The summed E-state index contributed by atoms with van der Waals surface area (Å²) in [7, 11) is 4.99. The van der Waals surface area contributed by atoms with Gasteiger partial charge in [0, 0.05) is 33.0 Å². The first-order valence-corrected chi connectivity index (χ1v) is 7.80. The maximum atomic E-state index is 10.5. The van der Waals surface area contributed by atoms with Crippen molar-refractivity contribution in [1.29, 1.82) is 0 Å². The zero-order valence-electron chi connectivity index (χ0n) is 14.5. The first-order chi connectivity index (χ1) is 11.4. The van der Waals surface area contributed by atoms with E-state index in [-0.39, 0.29) is 5.75 Å². The third kappa shape index (κ3) is 3.90. The van der Waals surface area contributed by atoms with Gasteiger partial charge in [-0.25, -0.2) is 0 Å². The molecule has 0 aliphatic heterocycles. The van der Waals surface area contributed by atoms with Gasteiger partial charge in [0.15, 0.2) is 11.5 Å². The Morgan fingerprint density at radius 3 is 2.67 bits per heavy atom. The lowest BCUT2D eigenvalue weighted by Crippen LogP contribution is -2.45. The van der Waals surface area contributed by atoms with Crippen LogP contribution in [0.25, 0.3) is 0 Å². The number of ether oxygens (including phenoxy) is 3. The Balaban J connectivity index is 2.14. The quantitative estimate of drug-likeness (QED) is 0.743. The van der Waals surface area contributed by atoms with Gasteiger partial charge in [0.1, 0.15) is 6.10 Å². The summed E-state index contributed by atoms with van der Waals surface area (Å²) in [6.45, 7) is 2.81. The lowest BCUT2D eigenvalue weighted by atomic mass is 10.0. The molecule has 6 heteroatoms. The lowest BCUT2D eigenvalue weighted by Gasteiger charge is -2.35. The molecule has 1 aliphatic rings. The fourth-order valence-electron chi connectivity index (χ4n) is 2.67. The molecule has 2 N–H and O–H groups in total. The average molecular weight is 335 g/mol. The molecule has 0 heterocycles. The SMILES string of the molecule is CCOC1(O)C=CC(N(C)Cc2ccc(O)c(OC)c2)=CC1OC. The van der Waals surface area contributed by atoms with Crippen molar-refractivity contribution in [2.45, 2.75) is 25.4 Å². The Labute approximate surface area is 142 Å². The van der Waals surface area contributed by atoms with Gasteiger partial charge in [-0.3, -0.25) is 0 Å². The third-order valence-electron chi connectivity index (χ3n) is 3.96. The van der Waals surface area contributed by atoms with Crippen molar-refractivity contribution in [1.82, 2.24) is 4.90 Å². The van der Waals surface area contributed by atoms with Crippen LogP contribution in [0.4, 0.5) is 0 Å². The van der Waals surface area contributed by atoms with Crippen molar-refractivity contribution >= 4 is 0 Å². The highest BCUT2D eigenvalue weighted by molar-refractivity contribution is 5.42. The number of likely N-dealkylation sites (N-methyl/N-ethyl adjacent to an activating group) is 1. The van der Waals surface area contributed by atoms with Crippen LogP contribution in [0.1, 0.15) is 12.5 Å². The molecular formula is C18H25NO5. The third-order valence-corrected chi connectivity index (χ3v) is 3.96. The molecule has 0 saturated heterocycles. The highest BCUT2D eigenvalue weighted by atomic mass is 16.6. The molecule has 0 spiro atoms. The van der Waals surface area contributed by atoms with Crippen LogP contribution in [-0.2, 0) is 16.0 Å². The van der Waals surface area contributed by atoms with Crippen molar-refractivity contribution in [2.24, 2.45) is 0 Å². The smallest absolute Gasteiger partial charge is 0.216 e. The number of allylic oxidation sites excluding steroid dienone is 1. The largest absolute Gasteiger partial charge is 0.504 e. The Kier molecular flexibility index (Phi) is 5.88. The van der Waals surface area contributed by atoms with Crippen molar-refractivity contribution in [2.75, 3.05) is 27.9 Å². The van der Waals surface area contributed by atoms with Gasteiger partial charge in [-0.05, 0) is 42.8 Å². The summed E-state index contributed by atoms with van der Waals surface area (Å²) in [6, 6.07) is 5.24. The second-order valence-electron chi connectivity index (χ2n) is 5.63. The van der Waals surface area contributed by atoms with Gasteiger partial charge in [-0.2, -0.15) is 0 Å². The maximum Gasteiger partial charge on any atom is 0.216 e. The number of aromatic hydroxyl groups is 1. The summed E-state index contributed by atoms with van der Waals surface area (Å²) in [6.07, 6.45) is 4.65. The van der Waals surface area contributed by atoms with E-state index in [1.165, 1.54) is 14.2 Å². The fourth-order valence-corrected chi connectivity index (χ4v) is 2.67. The van der Waals surface area contributed by atoms with Crippen LogP contribution in [0.5, 0.6) is 11.5 Å². The molecule has 1 aromatic carbocycles. The van der Waals surface area contributed by atoms with Crippen LogP contribution in [0.3, 0.4) is 0 Å². The van der Waals surface area contributed by atoms with E-state index in [0.29, 0.717) is 18.9 Å². The molecule has 24 heavy (non-hydrogen) atoms. The zero-order valence-corrected chi connectivity index (χ0v) is 14.5. The maximum absolute atomic E-state index is 10.5. The van der Waals surface area contributed by atoms with Crippen LogP contribution in [0, 0.1) is 0 Å². The molecule has 0 bridgehead atoms. The number of nitrogens with zero attached hydrogens (tertiary/aromatic N) is 1. The Morgan fingerprint density at radius 1 is 1.29 bits per heavy atom. The molecule has 2 atom stereocenters. The predicted molar refractivity (Wildman–Crippen MR) is 90.7 cm³/mol. The zero-order chi connectivity index (χ0) is 17.7. The molecule has 6 nitrogen and oxygen atoms in total. The van der Waals surface area contributed by atoms with E-state index in [2.05, 4.69) is 0 Å². The first kappa shape index (κ1) is 18.3. The fraction of sp³-hybridized carbons (Fsp3) is 0.444. The first-order valence-electron chi connectivity index (χ1n) is 7.80. The van der Waals surface area contributed by atoms with Gasteiger partial charge in [0.05, 0.1) is 7.11 Å². The molecule has 0 fully saturated rings. The highest BCUT2D eigenvalue weighted by Gasteiger charge is 2.37. The highest BCUT2D eigenvalue weighted by Crippen LogP contribution is 2.29. The molecule has 0 saturated carbocycles. The van der Waals surface area contributed by atoms with Crippen LogP contribution < -0.4 is 4.74 Å². The summed E-state index contributed by atoms with van der Waals surface area (Å²) < 4.78 is 15.9. The van der Waals surface area contributed by atoms with Gasteiger partial charge in [-0.1, -0.05) is 6.07 Å². The molecule has 132 valence electrons. The van der Waals surface area contributed by atoms with E-state index < -0.39 is 11.9 Å². The number of methoxy groups -OCH3 is 2. The Hall–Kier alpha value is -2.02. The van der Waals surface area contributed by atoms with Gasteiger partial charge >= 0.3 is 0 Å². The number of hydrogen-bond acceptors (Lipinski definition) is 6. The molecule has 2 unspecified atom stereocenters. The van der Waals surface area contributed by atoms with Crippen LogP contribution in [0.15, 0.2) is 42.1 Å². The topological polar surface area (TPSA) is 71.4 Å². The minimum absolute atomic E-state index is 0.113. The van der Waals surface area contributed by atoms with E-state index in [0.717, 1.165) is 11.3 Å². The van der Waals surface area contributed by atoms with Gasteiger partial charge in [-0.15, -0.1) is 0 Å².